The van der Waals surface area contributed by atoms with Gasteiger partial charge in [-0.3, -0.25) is 4.98 Å². The summed E-state index contributed by atoms with van der Waals surface area (Å²) in [4.78, 5) is 6.75. The Balaban J connectivity index is 2.24. The summed E-state index contributed by atoms with van der Waals surface area (Å²) in [6.45, 7) is 0.163. The summed E-state index contributed by atoms with van der Waals surface area (Å²) in [5, 5.41) is 7.19. The van der Waals surface area contributed by atoms with Gasteiger partial charge in [0.2, 0.25) is 0 Å². The topological polar surface area (TPSA) is 87.7 Å². The summed E-state index contributed by atoms with van der Waals surface area (Å²) in [7, 11) is 0. The lowest BCUT2D eigenvalue weighted by Crippen LogP contribution is -1.79. The normalized spacial score (nSPS) is 9.60. The Morgan fingerprint density at radius 3 is 3.07 bits per heavy atom. The van der Waals surface area contributed by atoms with Gasteiger partial charge in [-0.05, 0) is 17.7 Å². The molecule has 6 heteroatoms. The van der Waals surface area contributed by atoms with Crippen LogP contribution in [0.5, 0.6) is 0 Å². The number of hydrogen-bond acceptors (Lipinski definition) is 4. The van der Waals surface area contributed by atoms with Crippen molar-refractivity contribution in [1.82, 2.24) is 10.1 Å². The molecule has 0 amide bonds. The highest BCUT2D eigenvalue weighted by Crippen LogP contribution is 2.16. The van der Waals surface area contributed by atoms with E-state index in [2.05, 4.69) is 20.2 Å². The van der Waals surface area contributed by atoms with Gasteiger partial charge in [-0.25, -0.2) is 0 Å². The molecule has 2 rings (SSSR count). The zero-order valence-electron chi connectivity index (χ0n) is 7.74. The van der Waals surface area contributed by atoms with E-state index in [1.807, 2.05) is 18.2 Å². The molecule has 0 unspecified atom stereocenters. The minimum atomic E-state index is 0.163. The highest BCUT2D eigenvalue weighted by molar-refractivity contribution is 5.52. The Bertz CT molecular complexity index is 486. The van der Waals surface area contributed by atoms with Crippen molar-refractivity contribution in [1.29, 1.82) is 0 Å². The van der Waals surface area contributed by atoms with Crippen molar-refractivity contribution >= 4 is 0 Å². The van der Waals surface area contributed by atoms with Crippen molar-refractivity contribution in [2.75, 3.05) is 0 Å². The number of pyridine rings is 1. The van der Waals surface area contributed by atoms with Crippen LogP contribution >= 0.6 is 0 Å². The van der Waals surface area contributed by atoms with E-state index in [1.165, 1.54) is 0 Å². The Kier molecular flexibility index (Phi) is 2.62. The fourth-order valence-electron chi connectivity index (χ4n) is 1.12. The van der Waals surface area contributed by atoms with E-state index in [9.17, 15) is 0 Å². The second-order valence-corrected chi connectivity index (χ2v) is 2.78. The summed E-state index contributed by atoms with van der Waals surface area (Å²) in [5.74, 6) is 0.522. The van der Waals surface area contributed by atoms with Gasteiger partial charge in [-0.2, -0.15) is 0 Å². The molecule has 0 fully saturated rings. The SMILES string of the molecule is [N-]=[N+]=NCc1cc(-c2ccccn2)no1. The van der Waals surface area contributed by atoms with Gasteiger partial charge < -0.3 is 4.52 Å². The maximum atomic E-state index is 8.14. The van der Waals surface area contributed by atoms with Crippen molar-refractivity contribution in [3.05, 3.63) is 46.7 Å². The van der Waals surface area contributed by atoms with E-state index in [0.29, 0.717) is 11.5 Å². The van der Waals surface area contributed by atoms with Gasteiger partial charge in [0.25, 0.3) is 0 Å². The first-order valence-electron chi connectivity index (χ1n) is 4.28. The molecule has 15 heavy (non-hydrogen) atoms. The van der Waals surface area contributed by atoms with Crippen LogP contribution in [-0.2, 0) is 6.54 Å². The van der Waals surface area contributed by atoms with Crippen LogP contribution in [0.4, 0.5) is 0 Å². The van der Waals surface area contributed by atoms with Gasteiger partial charge in [0.05, 0.1) is 12.2 Å². The first kappa shape index (κ1) is 9.23. The summed E-state index contributed by atoms with van der Waals surface area (Å²) in [6.07, 6.45) is 1.68. The summed E-state index contributed by atoms with van der Waals surface area (Å²) in [5.41, 5.74) is 9.50. The number of hydrogen-bond donors (Lipinski definition) is 0. The monoisotopic (exact) mass is 201 g/mol. The standard InChI is InChI=1S/C9H7N5O/c10-14-12-6-7-5-9(13-15-7)8-3-1-2-4-11-8/h1-5H,6H2. The van der Waals surface area contributed by atoms with E-state index in [1.54, 1.807) is 12.3 Å². The van der Waals surface area contributed by atoms with Gasteiger partial charge in [-0.1, -0.05) is 16.3 Å². The van der Waals surface area contributed by atoms with Crippen LogP contribution in [-0.4, -0.2) is 10.1 Å². The molecule has 2 heterocycles. The molecule has 2 aromatic rings. The molecule has 0 saturated heterocycles. The average Bonchev–Trinajstić information content (AvgIpc) is 2.76. The van der Waals surface area contributed by atoms with Crippen molar-refractivity contribution in [2.24, 2.45) is 5.11 Å². The third kappa shape index (κ3) is 2.12. The van der Waals surface area contributed by atoms with Gasteiger partial charge in [0.15, 0.2) is 0 Å². The lowest BCUT2D eigenvalue weighted by Gasteiger charge is -1.90. The lowest BCUT2D eigenvalue weighted by molar-refractivity contribution is 0.386. The van der Waals surface area contributed by atoms with E-state index in [4.69, 9.17) is 10.1 Å². The molecule has 0 radical (unpaired) electrons. The molecule has 0 saturated carbocycles. The van der Waals surface area contributed by atoms with Crippen LogP contribution in [0.2, 0.25) is 0 Å². The van der Waals surface area contributed by atoms with Crippen LogP contribution in [0.25, 0.3) is 21.8 Å². The number of rotatable bonds is 3. The second kappa shape index (κ2) is 4.26. The molecular weight excluding hydrogens is 194 g/mol. The summed E-state index contributed by atoms with van der Waals surface area (Å²) >= 11 is 0. The average molecular weight is 201 g/mol. The van der Waals surface area contributed by atoms with Crippen molar-refractivity contribution in [3.63, 3.8) is 0 Å². The number of azide groups is 1. The predicted molar refractivity (Wildman–Crippen MR) is 52.6 cm³/mol. The first-order valence-corrected chi connectivity index (χ1v) is 4.28. The summed E-state index contributed by atoms with van der Waals surface area (Å²) in [6, 6.07) is 7.22. The molecule has 0 bridgehead atoms. The minimum Gasteiger partial charge on any atom is -0.361 e. The van der Waals surface area contributed by atoms with Crippen LogP contribution < -0.4 is 0 Å². The molecule has 0 aromatic carbocycles. The quantitative estimate of drug-likeness (QED) is 0.434. The van der Waals surface area contributed by atoms with Gasteiger partial charge >= 0.3 is 0 Å². The van der Waals surface area contributed by atoms with Crippen molar-refractivity contribution < 1.29 is 4.52 Å². The third-order valence-electron chi connectivity index (χ3n) is 1.78. The molecule has 0 aliphatic rings. The molecule has 0 atom stereocenters. The molecule has 0 N–H and O–H groups in total. The molecule has 2 aromatic heterocycles. The van der Waals surface area contributed by atoms with Crippen LogP contribution in [0.3, 0.4) is 0 Å². The van der Waals surface area contributed by atoms with Crippen molar-refractivity contribution in [2.45, 2.75) is 6.54 Å². The molecule has 74 valence electrons. The molecular formula is C9H7N5O. The molecule has 0 spiro atoms. The van der Waals surface area contributed by atoms with Gasteiger partial charge in [0.1, 0.15) is 11.5 Å². The van der Waals surface area contributed by atoms with Gasteiger partial charge in [-0.15, -0.1) is 0 Å². The maximum Gasteiger partial charge on any atom is 0.143 e. The van der Waals surface area contributed by atoms with E-state index in [0.717, 1.165) is 5.69 Å². The van der Waals surface area contributed by atoms with Crippen LogP contribution in [0.15, 0.2) is 40.1 Å². The second-order valence-electron chi connectivity index (χ2n) is 2.78. The fraction of sp³-hybridized carbons (Fsp3) is 0.111. The van der Waals surface area contributed by atoms with E-state index < -0.39 is 0 Å². The van der Waals surface area contributed by atoms with Crippen LogP contribution in [0, 0.1) is 0 Å². The summed E-state index contributed by atoms with van der Waals surface area (Å²) < 4.78 is 4.97. The Hall–Kier alpha value is -2.33. The van der Waals surface area contributed by atoms with Crippen LogP contribution in [0.1, 0.15) is 5.76 Å². The Labute approximate surface area is 85.2 Å². The largest absolute Gasteiger partial charge is 0.361 e. The minimum absolute atomic E-state index is 0.163. The van der Waals surface area contributed by atoms with E-state index >= 15 is 0 Å². The number of aromatic nitrogens is 2. The van der Waals surface area contributed by atoms with Crippen molar-refractivity contribution in [3.8, 4) is 11.4 Å². The Morgan fingerprint density at radius 1 is 1.40 bits per heavy atom. The highest BCUT2D eigenvalue weighted by atomic mass is 16.5. The van der Waals surface area contributed by atoms with Gasteiger partial charge in [0, 0.05) is 17.2 Å². The third-order valence-corrected chi connectivity index (χ3v) is 1.78. The molecule has 0 aliphatic carbocycles. The predicted octanol–water partition coefficient (Wildman–Crippen LogP) is 2.55. The Morgan fingerprint density at radius 2 is 2.33 bits per heavy atom. The number of nitrogens with zero attached hydrogens (tertiary/aromatic N) is 5. The first-order chi connectivity index (χ1) is 7.40. The zero-order valence-corrected chi connectivity index (χ0v) is 7.74. The lowest BCUT2D eigenvalue weighted by atomic mass is 10.2. The zero-order chi connectivity index (χ0) is 10.5. The maximum absolute atomic E-state index is 8.14. The highest BCUT2D eigenvalue weighted by Gasteiger charge is 2.05. The smallest absolute Gasteiger partial charge is 0.143 e. The fourth-order valence-corrected chi connectivity index (χ4v) is 1.12. The molecule has 0 aliphatic heterocycles. The molecule has 6 nitrogen and oxygen atoms in total. The van der Waals surface area contributed by atoms with E-state index in [-0.39, 0.29) is 6.54 Å².